The van der Waals surface area contributed by atoms with E-state index >= 15 is 0 Å². The van der Waals surface area contributed by atoms with Crippen LogP contribution >= 0.6 is 11.6 Å². The monoisotopic (exact) mass is 289 g/mol. The Morgan fingerprint density at radius 1 is 1.25 bits per heavy atom. The summed E-state index contributed by atoms with van der Waals surface area (Å²) in [4.78, 5) is 19.8. The molecule has 0 fully saturated rings. The largest absolute Gasteiger partial charge is 0.345 e. The molecule has 1 aliphatic carbocycles. The highest BCUT2D eigenvalue weighted by Gasteiger charge is 2.14. The van der Waals surface area contributed by atoms with Crippen LogP contribution in [0.5, 0.6) is 0 Å². The Morgan fingerprint density at radius 3 is 2.75 bits per heavy atom. The molecule has 0 spiro atoms. The number of aryl methyl sites for hydroxylation is 2. The van der Waals surface area contributed by atoms with Gasteiger partial charge in [-0.1, -0.05) is 11.6 Å². The zero-order valence-corrected chi connectivity index (χ0v) is 11.8. The van der Waals surface area contributed by atoms with Gasteiger partial charge in [-0.25, -0.2) is 4.98 Å². The van der Waals surface area contributed by atoms with Crippen molar-refractivity contribution in [1.82, 2.24) is 15.3 Å². The number of fused-ring (bicyclic) bond motifs is 1. The first kappa shape index (κ1) is 13.2. The third-order valence-corrected chi connectivity index (χ3v) is 3.78. The number of carbonyl (C=O) groups excluding carboxylic acids is 1. The van der Waals surface area contributed by atoms with Crippen LogP contribution in [0.3, 0.4) is 0 Å². The lowest BCUT2D eigenvalue weighted by atomic mass is 10.0. The molecule has 3 rings (SSSR count). The smallest absolute Gasteiger partial charge is 0.251 e. The highest BCUT2D eigenvalue weighted by molar-refractivity contribution is 6.30. The van der Waals surface area contributed by atoms with Gasteiger partial charge in [-0.2, -0.15) is 0 Å². The second kappa shape index (κ2) is 5.67. The van der Waals surface area contributed by atoms with Crippen LogP contribution in [-0.4, -0.2) is 15.9 Å². The Labute approximate surface area is 122 Å². The molecule has 1 aromatic carbocycles. The lowest BCUT2D eigenvalue weighted by molar-refractivity contribution is 0.0950. The average molecular weight is 290 g/mol. The summed E-state index contributed by atoms with van der Waals surface area (Å²) >= 11 is 5.80. The van der Waals surface area contributed by atoms with Crippen LogP contribution in [0.25, 0.3) is 0 Å². The number of imidazole rings is 1. The third kappa shape index (κ3) is 2.85. The molecule has 0 bridgehead atoms. The van der Waals surface area contributed by atoms with Gasteiger partial charge >= 0.3 is 0 Å². The summed E-state index contributed by atoms with van der Waals surface area (Å²) in [5.41, 5.74) is 2.99. The van der Waals surface area contributed by atoms with E-state index in [2.05, 4.69) is 15.3 Å². The van der Waals surface area contributed by atoms with Gasteiger partial charge in [-0.05, 0) is 49.9 Å². The first-order valence-corrected chi connectivity index (χ1v) is 7.20. The maximum absolute atomic E-state index is 12.0. The number of carbonyl (C=O) groups is 1. The van der Waals surface area contributed by atoms with Crippen molar-refractivity contribution >= 4 is 17.5 Å². The van der Waals surface area contributed by atoms with Crippen molar-refractivity contribution in [2.75, 3.05) is 0 Å². The number of nitrogens with zero attached hydrogens (tertiary/aromatic N) is 1. The van der Waals surface area contributed by atoms with Crippen LogP contribution in [0.15, 0.2) is 24.3 Å². The van der Waals surface area contributed by atoms with E-state index in [1.807, 2.05) is 0 Å². The van der Waals surface area contributed by atoms with E-state index in [1.54, 1.807) is 24.3 Å². The van der Waals surface area contributed by atoms with Gasteiger partial charge in [0.2, 0.25) is 0 Å². The minimum absolute atomic E-state index is 0.115. The van der Waals surface area contributed by atoms with Crippen LogP contribution in [0.4, 0.5) is 0 Å². The number of halogens is 1. The lowest BCUT2D eigenvalue weighted by Crippen LogP contribution is -2.23. The van der Waals surface area contributed by atoms with Crippen molar-refractivity contribution < 1.29 is 4.79 Å². The van der Waals surface area contributed by atoms with Gasteiger partial charge in [0.05, 0.1) is 12.2 Å². The minimum atomic E-state index is -0.115. The fourth-order valence-electron chi connectivity index (χ4n) is 2.46. The second-order valence-corrected chi connectivity index (χ2v) is 5.44. The van der Waals surface area contributed by atoms with Crippen molar-refractivity contribution in [2.24, 2.45) is 0 Å². The highest BCUT2D eigenvalue weighted by Crippen LogP contribution is 2.18. The zero-order chi connectivity index (χ0) is 13.9. The Morgan fingerprint density at radius 2 is 2.00 bits per heavy atom. The molecule has 5 heteroatoms. The molecule has 0 saturated heterocycles. The number of aromatic nitrogens is 2. The summed E-state index contributed by atoms with van der Waals surface area (Å²) < 4.78 is 0. The average Bonchev–Trinajstić information content (AvgIpc) is 2.88. The molecule has 0 aliphatic heterocycles. The molecular weight excluding hydrogens is 274 g/mol. The molecule has 0 unspecified atom stereocenters. The van der Waals surface area contributed by atoms with Gasteiger partial charge in [0.1, 0.15) is 5.82 Å². The van der Waals surface area contributed by atoms with E-state index in [0.29, 0.717) is 17.1 Å². The summed E-state index contributed by atoms with van der Waals surface area (Å²) in [6.45, 7) is 0.425. The molecule has 1 heterocycles. The predicted molar refractivity (Wildman–Crippen MR) is 77.9 cm³/mol. The number of benzene rings is 1. The normalized spacial score (nSPS) is 13.8. The molecular formula is C15H16ClN3O. The van der Waals surface area contributed by atoms with Gasteiger partial charge in [0.15, 0.2) is 0 Å². The summed E-state index contributed by atoms with van der Waals surface area (Å²) in [7, 11) is 0. The number of amides is 1. The van der Waals surface area contributed by atoms with E-state index in [-0.39, 0.29) is 5.91 Å². The van der Waals surface area contributed by atoms with E-state index in [1.165, 1.54) is 18.5 Å². The molecule has 0 radical (unpaired) electrons. The summed E-state index contributed by atoms with van der Waals surface area (Å²) in [6, 6.07) is 6.85. The number of H-pyrrole nitrogens is 1. The van der Waals surface area contributed by atoms with Crippen LogP contribution < -0.4 is 5.32 Å². The van der Waals surface area contributed by atoms with Crippen LogP contribution in [-0.2, 0) is 19.4 Å². The fourth-order valence-corrected chi connectivity index (χ4v) is 2.59. The van der Waals surface area contributed by atoms with E-state index in [0.717, 1.165) is 24.4 Å². The van der Waals surface area contributed by atoms with E-state index < -0.39 is 0 Å². The number of hydrogen-bond donors (Lipinski definition) is 2. The fraction of sp³-hybridized carbons (Fsp3) is 0.333. The standard InChI is InChI=1S/C15H16ClN3O/c16-11-7-5-10(6-8-11)15(20)17-9-14-18-12-3-1-2-4-13(12)19-14/h5-8H,1-4,9H2,(H,17,20)(H,18,19). The SMILES string of the molecule is O=C(NCc1nc2c([nH]1)CCCC2)c1ccc(Cl)cc1. The summed E-state index contributed by atoms with van der Waals surface area (Å²) in [6.07, 6.45) is 4.52. The molecule has 20 heavy (non-hydrogen) atoms. The minimum Gasteiger partial charge on any atom is -0.345 e. The van der Waals surface area contributed by atoms with Crippen LogP contribution in [0, 0.1) is 0 Å². The van der Waals surface area contributed by atoms with Gasteiger partial charge < -0.3 is 10.3 Å². The molecule has 0 saturated carbocycles. The zero-order valence-electron chi connectivity index (χ0n) is 11.1. The number of nitrogens with one attached hydrogen (secondary N) is 2. The molecule has 1 aromatic heterocycles. The lowest BCUT2D eigenvalue weighted by Gasteiger charge is -2.07. The van der Waals surface area contributed by atoms with Crippen molar-refractivity contribution in [2.45, 2.75) is 32.2 Å². The maximum Gasteiger partial charge on any atom is 0.251 e. The Hall–Kier alpha value is -1.81. The molecule has 104 valence electrons. The van der Waals surface area contributed by atoms with Gasteiger partial charge in [-0.15, -0.1) is 0 Å². The van der Waals surface area contributed by atoms with Gasteiger partial charge in [-0.3, -0.25) is 4.79 Å². The molecule has 2 N–H and O–H groups in total. The van der Waals surface area contributed by atoms with E-state index in [9.17, 15) is 4.79 Å². The molecule has 0 atom stereocenters. The van der Waals surface area contributed by atoms with Crippen LogP contribution in [0.1, 0.15) is 40.4 Å². The summed E-state index contributed by atoms with van der Waals surface area (Å²) in [5.74, 6) is 0.718. The van der Waals surface area contributed by atoms with E-state index in [4.69, 9.17) is 11.6 Å². The Kier molecular flexibility index (Phi) is 3.74. The molecule has 4 nitrogen and oxygen atoms in total. The quantitative estimate of drug-likeness (QED) is 0.913. The van der Waals surface area contributed by atoms with Crippen molar-refractivity contribution in [3.8, 4) is 0 Å². The number of rotatable bonds is 3. The molecule has 1 amide bonds. The Bertz CT molecular complexity index is 595. The van der Waals surface area contributed by atoms with Crippen molar-refractivity contribution in [3.63, 3.8) is 0 Å². The van der Waals surface area contributed by atoms with Gasteiger partial charge in [0.25, 0.3) is 5.91 Å². The maximum atomic E-state index is 12.0. The predicted octanol–water partition coefficient (Wildman–Crippen LogP) is 2.87. The number of hydrogen-bond acceptors (Lipinski definition) is 2. The summed E-state index contributed by atoms with van der Waals surface area (Å²) in [5, 5.41) is 3.49. The Balaban J connectivity index is 1.63. The first-order chi connectivity index (χ1) is 9.72. The number of aromatic amines is 1. The van der Waals surface area contributed by atoms with Crippen molar-refractivity contribution in [1.29, 1.82) is 0 Å². The van der Waals surface area contributed by atoms with Crippen molar-refractivity contribution in [3.05, 3.63) is 52.1 Å². The van der Waals surface area contributed by atoms with Crippen LogP contribution in [0.2, 0.25) is 5.02 Å². The highest BCUT2D eigenvalue weighted by atomic mass is 35.5. The molecule has 2 aromatic rings. The third-order valence-electron chi connectivity index (χ3n) is 3.53. The second-order valence-electron chi connectivity index (χ2n) is 5.01. The first-order valence-electron chi connectivity index (χ1n) is 6.83. The topological polar surface area (TPSA) is 57.8 Å². The van der Waals surface area contributed by atoms with Gasteiger partial charge in [0, 0.05) is 16.3 Å². The molecule has 1 aliphatic rings.